The fourth-order valence-electron chi connectivity index (χ4n) is 3.05. The van der Waals surface area contributed by atoms with Crippen molar-refractivity contribution in [2.45, 2.75) is 32.7 Å². The number of amides is 2. The van der Waals surface area contributed by atoms with E-state index in [0.717, 1.165) is 31.4 Å². The number of hydrogen-bond acceptors (Lipinski definition) is 4. The molecule has 3 N–H and O–H groups in total. The average molecular weight is 396 g/mol. The molecular formula is C21H21FN4O3. The molecule has 8 heteroatoms. The van der Waals surface area contributed by atoms with Crippen molar-refractivity contribution in [3.05, 3.63) is 69.9 Å². The number of nitrogens with two attached hydrogens (primary N) is 1. The van der Waals surface area contributed by atoms with E-state index in [1.807, 2.05) is 0 Å². The van der Waals surface area contributed by atoms with E-state index in [1.165, 1.54) is 10.7 Å². The zero-order valence-electron chi connectivity index (χ0n) is 15.9. The first-order valence-electron chi connectivity index (χ1n) is 9.33. The Bertz CT molecular complexity index is 1140. The fraction of sp³-hybridized carbons (Fsp3) is 0.238. The molecule has 0 radical (unpaired) electrons. The summed E-state index contributed by atoms with van der Waals surface area (Å²) in [6, 6.07) is 10.3. The van der Waals surface area contributed by atoms with Gasteiger partial charge in [0.2, 0.25) is 0 Å². The Morgan fingerprint density at radius 1 is 1.14 bits per heavy atom. The summed E-state index contributed by atoms with van der Waals surface area (Å²) in [6.45, 7) is 2.46. The Kier molecular flexibility index (Phi) is 6.01. The molecule has 0 aliphatic heterocycles. The first-order chi connectivity index (χ1) is 13.9. The van der Waals surface area contributed by atoms with Crippen LogP contribution >= 0.6 is 0 Å². The number of fused-ring (bicyclic) bond motifs is 1. The van der Waals surface area contributed by atoms with Crippen LogP contribution in [-0.4, -0.2) is 21.6 Å². The summed E-state index contributed by atoms with van der Waals surface area (Å²) in [5, 5.41) is 7.67. The molecule has 0 unspecified atom stereocenters. The van der Waals surface area contributed by atoms with Crippen LogP contribution in [0.5, 0.6) is 0 Å². The van der Waals surface area contributed by atoms with Crippen molar-refractivity contribution < 1.29 is 14.0 Å². The number of nitrogens with one attached hydrogen (secondary N) is 1. The quantitative estimate of drug-likeness (QED) is 0.599. The summed E-state index contributed by atoms with van der Waals surface area (Å²) in [5.74, 6) is -2.29. The summed E-state index contributed by atoms with van der Waals surface area (Å²) in [5.41, 5.74) is 4.83. The van der Waals surface area contributed by atoms with Crippen LogP contribution in [0.25, 0.3) is 10.8 Å². The summed E-state index contributed by atoms with van der Waals surface area (Å²) >= 11 is 0. The van der Waals surface area contributed by atoms with Crippen LogP contribution in [0.15, 0.2) is 47.3 Å². The highest BCUT2D eigenvalue weighted by molar-refractivity contribution is 6.11. The van der Waals surface area contributed by atoms with Gasteiger partial charge in [0, 0.05) is 17.6 Å². The second-order valence-corrected chi connectivity index (χ2v) is 6.64. The number of halogens is 1. The maximum absolute atomic E-state index is 13.7. The van der Waals surface area contributed by atoms with Gasteiger partial charge >= 0.3 is 0 Å². The van der Waals surface area contributed by atoms with Gasteiger partial charge in [-0.25, -0.2) is 9.07 Å². The molecule has 29 heavy (non-hydrogen) atoms. The number of carbonyl (C=O) groups is 2. The molecule has 7 nitrogen and oxygen atoms in total. The smallest absolute Gasteiger partial charge is 0.276 e. The highest BCUT2D eigenvalue weighted by Gasteiger charge is 2.18. The third kappa shape index (κ3) is 4.31. The largest absolute Gasteiger partial charge is 0.366 e. The summed E-state index contributed by atoms with van der Waals surface area (Å²) in [4.78, 5) is 36.9. The van der Waals surface area contributed by atoms with Gasteiger partial charge in [-0.2, -0.15) is 5.10 Å². The van der Waals surface area contributed by atoms with Gasteiger partial charge in [-0.05, 0) is 30.7 Å². The maximum Gasteiger partial charge on any atom is 0.276 e. The van der Waals surface area contributed by atoms with Crippen LogP contribution in [0.3, 0.4) is 0 Å². The highest BCUT2D eigenvalue weighted by atomic mass is 19.1. The molecule has 0 fully saturated rings. The molecular weight excluding hydrogens is 375 g/mol. The molecule has 0 saturated heterocycles. The van der Waals surface area contributed by atoms with Crippen molar-refractivity contribution in [1.29, 1.82) is 0 Å². The lowest BCUT2D eigenvalue weighted by Gasteiger charge is -2.12. The number of hydrogen-bond donors (Lipinski definition) is 2. The van der Waals surface area contributed by atoms with Gasteiger partial charge in [-0.1, -0.05) is 38.0 Å². The second kappa shape index (κ2) is 8.64. The molecule has 0 aliphatic rings. The van der Waals surface area contributed by atoms with E-state index < -0.39 is 17.6 Å². The molecule has 150 valence electrons. The number of aromatic nitrogens is 2. The minimum atomic E-state index is -0.938. The lowest BCUT2D eigenvalue weighted by Crippen LogP contribution is -2.28. The van der Waals surface area contributed by atoms with Crippen molar-refractivity contribution in [3.8, 4) is 0 Å². The molecule has 1 aromatic heterocycles. The summed E-state index contributed by atoms with van der Waals surface area (Å²) < 4.78 is 15.0. The highest BCUT2D eigenvalue weighted by Crippen LogP contribution is 2.18. The number of unbranched alkanes of at least 4 members (excludes halogenated alkanes) is 2. The van der Waals surface area contributed by atoms with Crippen LogP contribution in [0.2, 0.25) is 0 Å². The predicted octanol–water partition coefficient (Wildman–Crippen LogP) is 3.08. The van der Waals surface area contributed by atoms with E-state index in [-0.39, 0.29) is 22.5 Å². The number of benzene rings is 2. The number of primary amides is 1. The van der Waals surface area contributed by atoms with Crippen molar-refractivity contribution in [1.82, 2.24) is 9.78 Å². The molecule has 2 aromatic carbocycles. The van der Waals surface area contributed by atoms with Crippen molar-refractivity contribution in [2.75, 3.05) is 5.32 Å². The normalized spacial score (nSPS) is 10.8. The fourth-order valence-corrected chi connectivity index (χ4v) is 3.05. The maximum atomic E-state index is 13.7. The second-order valence-electron chi connectivity index (χ2n) is 6.64. The molecule has 0 atom stereocenters. The average Bonchev–Trinajstić information content (AvgIpc) is 2.71. The first kappa shape index (κ1) is 20.2. The van der Waals surface area contributed by atoms with Crippen molar-refractivity contribution in [3.63, 3.8) is 0 Å². The van der Waals surface area contributed by atoms with Gasteiger partial charge in [0.25, 0.3) is 17.4 Å². The molecule has 2 amide bonds. The molecule has 1 heterocycles. The molecule has 0 bridgehead atoms. The Balaban J connectivity index is 2.01. The number of nitrogens with zero attached hydrogens (tertiary/aromatic N) is 2. The van der Waals surface area contributed by atoms with E-state index in [1.54, 1.807) is 24.3 Å². The topological polar surface area (TPSA) is 107 Å². The lowest BCUT2D eigenvalue weighted by molar-refractivity contribution is 0.0992. The first-order valence-corrected chi connectivity index (χ1v) is 9.33. The zero-order chi connectivity index (χ0) is 21.0. The van der Waals surface area contributed by atoms with E-state index in [0.29, 0.717) is 17.3 Å². The van der Waals surface area contributed by atoms with E-state index in [9.17, 15) is 18.8 Å². The summed E-state index contributed by atoms with van der Waals surface area (Å²) in [6.07, 6.45) is 2.69. The molecule has 3 rings (SSSR count). The Morgan fingerprint density at radius 3 is 2.55 bits per heavy atom. The number of rotatable bonds is 7. The number of anilines is 1. The minimum Gasteiger partial charge on any atom is -0.366 e. The SMILES string of the molecule is CCCCCn1nc(C(=O)Nc2ccc(F)c(C(N)=O)c2)c2ccccc2c1=O. The molecule has 0 spiro atoms. The predicted molar refractivity (Wildman–Crippen MR) is 108 cm³/mol. The van der Waals surface area contributed by atoms with Gasteiger partial charge in [0.05, 0.1) is 10.9 Å². The van der Waals surface area contributed by atoms with Crippen molar-refractivity contribution in [2.24, 2.45) is 5.73 Å². The van der Waals surface area contributed by atoms with Crippen LogP contribution < -0.4 is 16.6 Å². The number of carbonyl (C=O) groups excluding carboxylic acids is 2. The lowest BCUT2D eigenvalue weighted by atomic mass is 10.1. The van der Waals surface area contributed by atoms with Gasteiger partial charge < -0.3 is 11.1 Å². The van der Waals surface area contributed by atoms with E-state index in [4.69, 9.17) is 5.73 Å². The van der Waals surface area contributed by atoms with Crippen LogP contribution in [0.1, 0.15) is 47.0 Å². The Labute approximate surface area is 166 Å². The standard InChI is InChI=1S/C21H21FN4O3/c1-2-3-6-11-26-21(29)15-8-5-4-7-14(15)18(25-26)20(28)24-13-9-10-17(22)16(12-13)19(23)27/h4-5,7-10,12H,2-3,6,11H2,1H3,(H2,23,27)(H,24,28). The monoisotopic (exact) mass is 396 g/mol. The molecule has 0 aliphatic carbocycles. The van der Waals surface area contributed by atoms with E-state index >= 15 is 0 Å². The Hall–Kier alpha value is -3.55. The number of aryl methyl sites for hydroxylation is 1. The third-order valence-corrected chi connectivity index (χ3v) is 4.55. The van der Waals surface area contributed by atoms with Crippen LogP contribution in [0.4, 0.5) is 10.1 Å². The van der Waals surface area contributed by atoms with Crippen molar-refractivity contribution >= 4 is 28.3 Å². The van der Waals surface area contributed by atoms with Crippen LogP contribution in [0, 0.1) is 5.82 Å². The molecule has 3 aromatic rings. The van der Waals surface area contributed by atoms with Gasteiger partial charge in [0.15, 0.2) is 5.69 Å². The minimum absolute atomic E-state index is 0.0710. The Morgan fingerprint density at radius 2 is 1.86 bits per heavy atom. The van der Waals surface area contributed by atoms with E-state index in [2.05, 4.69) is 17.3 Å². The zero-order valence-corrected chi connectivity index (χ0v) is 15.9. The summed E-state index contributed by atoms with van der Waals surface area (Å²) in [7, 11) is 0. The van der Waals surface area contributed by atoms with Crippen LogP contribution in [-0.2, 0) is 6.54 Å². The van der Waals surface area contributed by atoms with Gasteiger partial charge in [-0.15, -0.1) is 0 Å². The molecule has 0 saturated carbocycles. The third-order valence-electron chi connectivity index (χ3n) is 4.55. The van der Waals surface area contributed by atoms with Gasteiger partial charge in [-0.3, -0.25) is 14.4 Å². The van der Waals surface area contributed by atoms with Gasteiger partial charge in [0.1, 0.15) is 5.82 Å².